The van der Waals surface area contributed by atoms with E-state index in [-0.39, 0.29) is 5.56 Å². The fraction of sp³-hybridized carbons (Fsp3) is 0.0909. The van der Waals surface area contributed by atoms with Crippen LogP contribution in [0.1, 0.15) is 11.3 Å². The van der Waals surface area contributed by atoms with Gasteiger partial charge in [0, 0.05) is 5.69 Å². The summed E-state index contributed by atoms with van der Waals surface area (Å²) >= 11 is 3.20. The smallest absolute Gasteiger partial charge is 0.285 e. The van der Waals surface area contributed by atoms with Gasteiger partial charge in [0.15, 0.2) is 0 Å². The Bertz CT molecular complexity index is 633. The fourth-order valence-electron chi connectivity index (χ4n) is 1.42. The molecule has 0 saturated carbocycles. The molecule has 0 spiro atoms. The lowest BCUT2D eigenvalue weighted by molar-refractivity contribution is 0.835. The lowest BCUT2D eigenvalue weighted by Gasteiger charge is -2.01. The molecule has 0 aliphatic carbocycles. The molecule has 0 aliphatic rings. The van der Waals surface area contributed by atoms with Gasteiger partial charge in [0.25, 0.3) is 5.56 Å². The summed E-state index contributed by atoms with van der Waals surface area (Å²) in [5.41, 5.74) is 1.77. The number of nitrogens with one attached hydrogen (secondary N) is 1. The van der Waals surface area contributed by atoms with Crippen molar-refractivity contribution in [1.82, 2.24) is 9.78 Å². The summed E-state index contributed by atoms with van der Waals surface area (Å²) in [4.78, 5) is 11.8. The lowest BCUT2D eigenvalue weighted by Crippen LogP contribution is -2.14. The summed E-state index contributed by atoms with van der Waals surface area (Å²) in [7, 11) is 0. The first-order valence-electron chi connectivity index (χ1n) is 4.61. The van der Waals surface area contributed by atoms with Gasteiger partial charge >= 0.3 is 0 Å². The number of hydrogen-bond donors (Lipinski definition) is 1. The molecule has 80 valence electrons. The highest BCUT2D eigenvalue weighted by Crippen LogP contribution is 2.12. The van der Waals surface area contributed by atoms with Crippen molar-refractivity contribution in [1.29, 1.82) is 5.26 Å². The minimum Gasteiger partial charge on any atom is -0.294 e. The molecule has 4 nitrogen and oxygen atoms in total. The topological polar surface area (TPSA) is 61.6 Å². The molecular weight excluding hydrogens is 270 g/mol. The monoisotopic (exact) mass is 277 g/mol. The molecule has 0 aliphatic heterocycles. The van der Waals surface area contributed by atoms with Crippen LogP contribution in [0, 0.1) is 18.3 Å². The van der Waals surface area contributed by atoms with Crippen LogP contribution < -0.4 is 5.56 Å². The Balaban J connectivity index is 2.64. The van der Waals surface area contributed by atoms with Gasteiger partial charge < -0.3 is 0 Å². The maximum absolute atomic E-state index is 11.8. The average Bonchev–Trinajstić information content (AvgIpc) is 2.57. The van der Waals surface area contributed by atoms with Crippen molar-refractivity contribution in [3.8, 4) is 11.8 Å². The first-order chi connectivity index (χ1) is 7.63. The summed E-state index contributed by atoms with van der Waals surface area (Å²) in [5.74, 6) is 0. The van der Waals surface area contributed by atoms with Gasteiger partial charge in [-0.2, -0.15) is 5.26 Å². The van der Waals surface area contributed by atoms with Crippen molar-refractivity contribution >= 4 is 15.9 Å². The van der Waals surface area contributed by atoms with E-state index in [0.29, 0.717) is 15.7 Å². The molecule has 0 amide bonds. The predicted molar refractivity (Wildman–Crippen MR) is 63.5 cm³/mol. The second kappa shape index (κ2) is 3.99. The summed E-state index contributed by atoms with van der Waals surface area (Å²) in [6.45, 7) is 1.80. The predicted octanol–water partition coefficient (Wildman–Crippen LogP) is 2.11. The van der Waals surface area contributed by atoms with Crippen LogP contribution in [0.25, 0.3) is 5.69 Å². The number of benzene rings is 1. The Kier molecular flexibility index (Phi) is 2.67. The van der Waals surface area contributed by atoms with Crippen LogP contribution in [0.4, 0.5) is 0 Å². The molecule has 0 radical (unpaired) electrons. The Hall–Kier alpha value is -1.80. The molecule has 1 aromatic carbocycles. The van der Waals surface area contributed by atoms with Crippen molar-refractivity contribution < 1.29 is 0 Å². The first kappa shape index (κ1) is 10.7. The van der Waals surface area contributed by atoms with Gasteiger partial charge in [-0.15, -0.1) is 0 Å². The van der Waals surface area contributed by atoms with Gasteiger partial charge in [0.2, 0.25) is 0 Å². The van der Waals surface area contributed by atoms with Gasteiger partial charge in [-0.05, 0) is 41.1 Å². The quantitative estimate of drug-likeness (QED) is 0.868. The van der Waals surface area contributed by atoms with Crippen molar-refractivity contribution in [3.63, 3.8) is 0 Å². The fourth-order valence-corrected chi connectivity index (χ4v) is 1.69. The van der Waals surface area contributed by atoms with Crippen molar-refractivity contribution in [2.24, 2.45) is 0 Å². The van der Waals surface area contributed by atoms with E-state index in [1.54, 1.807) is 31.2 Å². The SMILES string of the molecule is Cc1[nH]n(-c2cccc(C#N)c2)c(=O)c1Br. The zero-order valence-corrected chi connectivity index (χ0v) is 10.1. The number of halogens is 1. The molecule has 0 unspecified atom stereocenters. The summed E-state index contributed by atoms with van der Waals surface area (Å²) in [6, 6.07) is 8.90. The standard InChI is InChI=1S/C11H8BrN3O/c1-7-10(12)11(16)15(14-7)9-4-2-3-8(5-9)6-13/h2-5,14H,1H3. The van der Waals surface area contributed by atoms with E-state index >= 15 is 0 Å². The molecular formula is C11H8BrN3O. The molecule has 0 atom stereocenters. The third kappa shape index (κ3) is 1.68. The van der Waals surface area contributed by atoms with Crippen molar-refractivity contribution in [2.75, 3.05) is 0 Å². The van der Waals surface area contributed by atoms with Gasteiger partial charge in [0.05, 0.1) is 17.3 Å². The van der Waals surface area contributed by atoms with Crippen LogP contribution in [0.15, 0.2) is 33.5 Å². The normalized spacial score (nSPS) is 10.1. The van der Waals surface area contributed by atoms with Crippen LogP contribution in [0.5, 0.6) is 0 Å². The minimum atomic E-state index is -0.160. The van der Waals surface area contributed by atoms with Gasteiger partial charge in [-0.25, -0.2) is 4.68 Å². The molecule has 1 N–H and O–H groups in total. The van der Waals surface area contributed by atoms with Gasteiger partial charge in [-0.1, -0.05) is 6.07 Å². The number of aromatic nitrogens is 2. The van der Waals surface area contributed by atoms with Crippen LogP contribution in [0.2, 0.25) is 0 Å². The van der Waals surface area contributed by atoms with E-state index in [2.05, 4.69) is 21.0 Å². The molecule has 0 saturated heterocycles. The Labute approximate surface area is 100 Å². The number of nitriles is 1. The van der Waals surface area contributed by atoms with Crippen molar-refractivity contribution in [3.05, 3.63) is 50.3 Å². The molecule has 1 heterocycles. The number of H-pyrrole nitrogens is 1. The van der Waals surface area contributed by atoms with Crippen LogP contribution in [-0.2, 0) is 0 Å². The first-order valence-corrected chi connectivity index (χ1v) is 5.40. The third-order valence-electron chi connectivity index (χ3n) is 2.23. The van der Waals surface area contributed by atoms with E-state index in [0.717, 1.165) is 5.69 Å². The molecule has 1 aromatic heterocycles. The Morgan fingerprint density at radius 1 is 1.50 bits per heavy atom. The maximum Gasteiger partial charge on any atom is 0.285 e. The number of aryl methyl sites for hydroxylation is 1. The summed E-state index contributed by atoms with van der Waals surface area (Å²) in [6.07, 6.45) is 0. The largest absolute Gasteiger partial charge is 0.294 e. The molecule has 2 aromatic rings. The molecule has 0 fully saturated rings. The second-order valence-corrected chi connectivity index (χ2v) is 4.15. The number of aromatic amines is 1. The maximum atomic E-state index is 11.8. The highest BCUT2D eigenvalue weighted by Gasteiger charge is 2.09. The summed E-state index contributed by atoms with van der Waals surface area (Å²) in [5, 5.41) is 11.7. The van der Waals surface area contributed by atoms with E-state index in [9.17, 15) is 4.79 Å². The third-order valence-corrected chi connectivity index (χ3v) is 3.17. The Morgan fingerprint density at radius 3 is 2.81 bits per heavy atom. The Morgan fingerprint density at radius 2 is 2.25 bits per heavy atom. The number of hydrogen-bond acceptors (Lipinski definition) is 2. The van der Waals surface area contributed by atoms with Gasteiger partial charge in [0.1, 0.15) is 4.47 Å². The molecule has 16 heavy (non-hydrogen) atoms. The molecule has 0 bridgehead atoms. The van der Waals surface area contributed by atoms with E-state index in [1.807, 2.05) is 6.07 Å². The average molecular weight is 278 g/mol. The van der Waals surface area contributed by atoms with Crippen LogP contribution >= 0.6 is 15.9 Å². The summed E-state index contributed by atoms with van der Waals surface area (Å²) < 4.78 is 1.91. The minimum absolute atomic E-state index is 0.160. The highest BCUT2D eigenvalue weighted by molar-refractivity contribution is 9.10. The van der Waals surface area contributed by atoms with Crippen LogP contribution in [0.3, 0.4) is 0 Å². The second-order valence-electron chi connectivity index (χ2n) is 3.35. The molecule has 2 rings (SSSR count). The highest BCUT2D eigenvalue weighted by atomic mass is 79.9. The van der Waals surface area contributed by atoms with E-state index in [4.69, 9.17) is 5.26 Å². The van der Waals surface area contributed by atoms with Gasteiger partial charge in [-0.3, -0.25) is 9.89 Å². The van der Waals surface area contributed by atoms with Crippen LogP contribution in [-0.4, -0.2) is 9.78 Å². The lowest BCUT2D eigenvalue weighted by atomic mass is 10.2. The molecule has 5 heteroatoms. The number of rotatable bonds is 1. The van der Waals surface area contributed by atoms with Crippen molar-refractivity contribution in [2.45, 2.75) is 6.92 Å². The van der Waals surface area contributed by atoms with E-state index < -0.39 is 0 Å². The zero-order valence-electron chi connectivity index (χ0n) is 8.49. The number of nitrogens with zero attached hydrogens (tertiary/aromatic N) is 2. The van der Waals surface area contributed by atoms with E-state index in [1.165, 1.54) is 4.68 Å². The zero-order chi connectivity index (χ0) is 11.7.